The number of halogens is 2. The van der Waals surface area contributed by atoms with Gasteiger partial charge in [-0.15, -0.1) is 6.58 Å². The minimum absolute atomic E-state index is 0.0681. The Morgan fingerprint density at radius 1 is 1.44 bits per heavy atom. The minimum Gasteiger partial charge on any atom is -0.264 e. The summed E-state index contributed by atoms with van der Waals surface area (Å²) in [5, 5.41) is 0. The van der Waals surface area contributed by atoms with Gasteiger partial charge in [-0.05, 0) is 12.1 Å². The van der Waals surface area contributed by atoms with Crippen molar-refractivity contribution in [3.05, 3.63) is 42.5 Å². The Morgan fingerprint density at radius 2 is 2.06 bits per heavy atom. The molecule has 1 rings (SSSR count). The van der Waals surface area contributed by atoms with Crippen LogP contribution in [-0.4, -0.2) is 21.2 Å². The van der Waals surface area contributed by atoms with Crippen molar-refractivity contribution in [3.63, 3.8) is 0 Å². The second-order valence-corrected chi connectivity index (χ2v) is 5.09. The van der Waals surface area contributed by atoms with E-state index in [0.717, 1.165) is 22.7 Å². The molecule has 0 saturated carbocycles. The monoisotopic (exact) mass is 247 g/mol. The molecule has 1 aromatic rings. The summed E-state index contributed by atoms with van der Waals surface area (Å²) in [5.41, 5.74) is -0.191. The zero-order valence-corrected chi connectivity index (χ0v) is 9.47. The van der Waals surface area contributed by atoms with E-state index in [0.29, 0.717) is 6.07 Å². The number of hydrogen-bond donors (Lipinski definition) is 0. The van der Waals surface area contributed by atoms with Gasteiger partial charge in [0.05, 0.1) is 18.5 Å². The van der Waals surface area contributed by atoms with Crippen LogP contribution in [0.5, 0.6) is 0 Å². The Hall–Kier alpha value is -1.43. The van der Waals surface area contributed by atoms with Gasteiger partial charge in [0.25, 0.3) is 0 Å². The van der Waals surface area contributed by atoms with Gasteiger partial charge in [0.2, 0.25) is 10.0 Å². The first kappa shape index (κ1) is 12.6. The number of anilines is 1. The van der Waals surface area contributed by atoms with E-state index in [1.807, 2.05) is 0 Å². The van der Waals surface area contributed by atoms with Crippen molar-refractivity contribution >= 4 is 15.7 Å². The summed E-state index contributed by atoms with van der Waals surface area (Å²) < 4.78 is 49.6. The van der Waals surface area contributed by atoms with Crippen molar-refractivity contribution in [3.8, 4) is 0 Å². The van der Waals surface area contributed by atoms with E-state index in [-0.39, 0.29) is 12.2 Å². The lowest BCUT2D eigenvalue weighted by Crippen LogP contribution is -2.30. The molecule has 0 saturated heterocycles. The molecular formula is C10H11F2NO2S. The highest BCUT2D eigenvalue weighted by Crippen LogP contribution is 2.22. The summed E-state index contributed by atoms with van der Waals surface area (Å²) in [6.07, 6.45) is 2.27. The molecule has 0 aromatic heterocycles. The summed E-state index contributed by atoms with van der Waals surface area (Å²) in [6, 6.07) is 2.71. The van der Waals surface area contributed by atoms with Crippen LogP contribution in [0.3, 0.4) is 0 Å². The van der Waals surface area contributed by atoms with Gasteiger partial charge in [0.15, 0.2) is 0 Å². The first-order valence-corrected chi connectivity index (χ1v) is 6.24. The number of hydrogen-bond acceptors (Lipinski definition) is 2. The molecule has 6 heteroatoms. The van der Waals surface area contributed by atoms with Crippen LogP contribution in [0.2, 0.25) is 0 Å². The van der Waals surface area contributed by atoms with E-state index in [9.17, 15) is 17.2 Å². The molecule has 16 heavy (non-hydrogen) atoms. The van der Waals surface area contributed by atoms with Crippen LogP contribution in [0.1, 0.15) is 0 Å². The molecule has 0 heterocycles. The van der Waals surface area contributed by atoms with E-state index < -0.39 is 21.7 Å². The summed E-state index contributed by atoms with van der Waals surface area (Å²) in [7, 11) is -3.62. The van der Waals surface area contributed by atoms with Gasteiger partial charge in [-0.2, -0.15) is 0 Å². The zero-order valence-electron chi connectivity index (χ0n) is 8.65. The maximum absolute atomic E-state index is 13.4. The summed E-state index contributed by atoms with van der Waals surface area (Å²) in [6.45, 7) is 3.32. The van der Waals surface area contributed by atoms with Crippen LogP contribution in [0.15, 0.2) is 30.9 Å². The maximum Gasteiger partial charge on any atom is 0.232 e. The van der Waals surface area contributed by atoms with E-state index in [1.165, 1.54) is 6.08 Å². The molecule has 1 aromatic carbocycles. The molecular weight excluding hydrogens is 236 g/mol. The van der Waals surface area contributed by atoms with E-state index in [1.54, 1.807) is 0 Å². The van der Waals surface area contributed by atoms with Crippen molar-refractivity contribution in [1.29, 1.82) is 0 Å². The molecule has 88 valence electrons. The van der Waals surface area contributed by atoms with Gasteiger partial charge in [-0.3, -0.25) is 4.31 Å². The molecule has 0 fully saturated rings. The normalized spacial score (nSPS) is 11.2. The fourth-order valence-electron chi connectivity index (χ4n) is 1.21. The van der Waals surface area contributed by atoms with E-state index >= 15 is 0 Å². The fourth-order valence-corrected chi connectivity index (χ4v) is 2.09. The summed E-state index contributed by atoms with van der Waals surface area (Å²) >= 11 is 0. The fraction of sp³-hybridized carbons (Fsp3) is 0.200. The highest BCUT2D eigenvalue weighted by molar-refractivity contribution is 7.92. The molecule has 0 amide bonds. The van der Waals surface area contributed by atoms with Gasteiger partial charge >= 0.3 is 0 Å². The van der Waals surface area contributed by atoms with Gasteiger partial charge < -0.3 is 0 Å². The molecule has 0 aliphatic carbocycles. The van der Waals surface area contributed by atoms with Crippen LogP contribution in [0.4, 0.5) is 14.5 Å². The Kier molecular flexibility index (Phi) is 3.64. The van der Waals surface area contributed by atoms with Crippen LogP contribution in [0, 0.1) is 11.6 Å². The average Bonchev–Trinajstić information content (AvgIpc) is 2.13. The lowest BCUT2D eigenvalue weighted by atomic mass is 10.3. The number of sulfonamides is 1. The Morgan fingerprint density at radius 3 is 2.50 bits per heavy atom. The molecule has 3 nitrogen and oxygen atoms in total. The van der Waals surface area contributed by atoms with Gasteiger partial charge in [0.1, 0.15) is 11.6 Å². The average molecular weight is 247 g/mol. The Balaban J connectivity index is 3.27. The molecule has 0 spiro atoms. The van der Waals surface area contributed by atoms with Gasteiger partial charge in [0, 0.05) is 6.07 Å². The smallest absolute Gasteiger partial charge is 0.232 e. The lowest BCUT2D eigenvalue weighted by Gasteiger charge is -2.21. The van der Waals surface area contributed by atoms with Gasteiger partial charge in [-0.25, -0.2) is 17.2 Å². The van der Waals surface area contributed by atoms with Crippen molar-refractivity contribution < 1.29 is 17.2 Å². The van der Waals surface area contributed by atoms with Crippen LogP contribution in [0.25, 0.3) is 0 Å². The standard InChI is InChI=1S/C10H11F2NO2S/c1-3-6-13(16(2,14)15)10-5-4-8(11)7-9(10)12/h3-5,7H,1,6H2,2H3. The maximum atomic E-state index is 13.4. The zero-order chi connectivity index (χ0) is 12.3. The highest BCUT2D eigenvalue weighted by Gasteiger charge is 2.19. The third-order valence-corrected chi connectivity index (χ3v) is 3.02. The van der Waals surface area contributed by atoms with Crippen LogP contribution >= 0.6 is 0 Å². The van der Waals surface area contributed by atoms with Crippen molar-refractivity contribution in [2.45, 2.75) is 0 Å². The minimum atomic E-state index is -3.62. The third-order valence-electron chi connectivity index (χ3n) is 1.87. The number of rotatable bonds is 4. The first-order valence-electron chi connectivity index (χ1n) is 4.40. The van der Waals surface area contributed by atoms with Crippen LogP contribution in [-0.2, 0) is 10.0 Å². The second kappa shape index (κ2) is 4.61. The molecule has 0 atom stereocenters. The Labute approximate surface area is 93.1 Å². The SMILES string of the molecule is C=CCN(c1ccc(F)cc1F)S(C)(=O)=O. The largest absolute Gasteiger partial charge is 0.264 e. The van der Waals surface area contributed by atoms with Crippen molar-refractivity contribution in [2.24, 2.45) is 0 Å². The topological polar surface area (TPSA) is 37.4 Å². The lowest BCUT2D eigenvalue weighted by molar-refractivity contribution is 0.577. The highest BCUT2D eigenvalue weighted by atomic mass is 32.2. The molecule has 0 radical (unpaired) electrons. The van der Waals surface area contributed by atoms with E-state index in [2.05, 4.69) is 6.58 Å². The first-order chi connectivity index (χ1) is 7.36. The number of benzene rings is 1. The molecule has 0 bridgehead atoms. The van der Waals surface area contributed by atoms with Gasteiger partial charge in [-0.1, -0.05) is 6.08 Å². The molecule has 0 aliphatic heterocycles. The van der Waals surface area contributed by atoms with E-state index in [4.69, 9.17) is 0 Å². The third kappa shape index (κ3) is 2.79. The van der Waals surface area contributed by atoms with Crippen molar-refractivity contribution in [2.75, 3.05) is 17.1 Å². The predicted octanol–water partition coefficient (Wildman–Crippen LogP) is 1.92. The quantitative estimate of drug-likeness (QED) is 0.762. The summed E-state index contributed by atoms with van der Waals surface area (Å²) in [5.74, 6) is -1.68. The molecule has 0 N–H and O–H groups in total. The predicted molar refractivity (Wildman–Crippen MR) is 58.7 cm³/mol. The Bertz CT molecular complexity index is 500. The molecule has 0 unspecified atom stereocenters. The second-order valence-electron chi connectivity index (χ2n) is 3.18. The number of nitrogens with zero attached hydrogens (tertiary/aromatic N) is 1. The molecule has 0 aliphatic rings. The van der Waals surface area contributed by atoms with Crippen LogP contribution < -0.4 is 4.31 Å². The van der Waals surface area contributed by atoms with Crippen molar-refractivity contribution in [1.82, 2.24) is 0 Å². The summed E-state index contributed by atoms with van der Waals surface area (Å²) in [4.78, 5) is 0.